The third kappa shape index (κ3) is 2.92. The molecule has 0 amide bonds. The number of halogens is 3. The van der Waals surface area contributed by atoms with Crippen molar-refractivity contribution in [3.8, 4) is 0 Å². The molecule has 0 spiro atoms. The van der Waals surface area contributed by atoms with Gasteiger partial charge in [0.05, 0.1) is 5.56 Å². The molecule has 5 heteroatoms. The third-order valence-electron chi connectivity index (χ3n) is 1.69. The summed E-state index contributed by atoms with van der Waals surface area (Å²) in [4.78, 5) is 0. The van der Waals surface area contributed by atoms with E-state index < -0.39 is 11.7 Å². The molecule has 1 aromatic rings. The summed E-state index contributed by atoms with van der Waals surface area (Å²) in [5.41, 5.74) is 5.23. The lowest BCUT2D eigenvalue weighted by Gasteiger charge is -2.08. The van der Waals surface area contributed by atoms with E-state index in [1.807, 2.05) is 0 Å². The van der Waals surface area contributed by atoms with Crippen LogP contribution in [0.25, 0.3) is 0 Å². The first-order valence-electron chi connectivity index (χ1n) is 4.15. The van der Waals surface area contributed by atoms with Crippen molar-refractivity contribution in [3.63, 3.8) is 0 Å². The molecule has 0 aromatic heterocycles. The van der Waals surface area contributed by atoms with Crippen LogP contribution in [0.2, 0.25) is 0 Å². The second kappa shape index (κ2) is 4.32. The van der Waals surface area contributed by atoms with Crippen LogP contribution in [0.15, 0.2) is 24.3 Å². The SMILES string of the molecule is NCCNc1ccc(C(F)(F)F)cc1. The molecule has 78 valence electrons. The topological polar surface area (TPSA) is 38.0 Å². The molecule has 0 aliphatic carbocycles. The first-order valence-corrected chi connectivity index (χ1v) is 4.15. The minimum absolute atomic E-state index is 0.445. The molecule has 1 rings (SSSR count). The number of benzene rings is 1. The van der Waals surface area contributed by atoms with E-state index >= 15 is 0 Å². The van der Waals surface area contributed by atoms with Crippen molar-refractivity contribution >= 4 is 5.69 Å². The highest BCUT2D eigenvalue weighted by Crippen LogP contribution is 2.29. The molecule has 0 heterocycles. The second-order valence-corrected chi connectivity index (χ2v) is 2.79. The summed E-state index contributed by atoms with van der Waals surface area (Å²) in [5, 5.41) is 2.88. The van der Waals surface area contributed by atoms with Gasteiger partial charge in [0.2, 0.25) is 0 Å². The lowest BCUT2D eigenvalue weighted by atomic mass is 10.2. The van der Waals surface area contributed by atoms with Gasteiger partial charge in [0.25, 0.3) is 0 Å². The number of alkyl halides is 3. The molecule has 0 radical (unpaired) electrons. The molecule has 1 aromatic carbocycles. The van der Waals surface area contributed by atoms with Crippen molar-refractivity contribution in [2.75, 3.05) is 18.4 Å². The number of nitrogens with two attached hydrogens (primary N) is 1. The van der Waals surface area contributed by atoms with Crippen molar-refractivity contribution in [3.05, 3.63) is 29.8 Å². The van der Waals surface area contributed by atoms with Crippen LogP contribution in [0.5, 0.6) is 0 Å². The van der Waals surface area contributed by atoms with Gasteiger partial charge in [0, 0.05) is 18.8 Å². The zero-order chi connectivity index (χ0) is 10.6. The highest BCUT2D eigenvalue weighted by molar-refractivity contribution is 5.45. The quantitative estimate of drug-likeness (QED) is 0.791. The predicted octanol–water partition coefficient (Wildman–Crippen LogP) is 2.08. The summed E-state index contributed by atoms with van der Waals surface area (Å²) >= 11 is 0. The van der Waals surface area contributed by atoms with Crippen molar-refractivity contribution in [2.45, 2.75) is 6.18 Å². The fourth-order valence-electron chi connectivity index (χ4n) is 0.994. The van der Waals surface area contributed by atoms with E-state index in [1.165, 1.54) is 12.1 Å². The van der Waals surface area contributed by atoms with Gasteiger partial charge in [0.1, 0.15) is 0 Å². The lowest BCUT2D eigenvalue weighted by molar-refractivity contribution is -0.137. The number of hydrogen-bond donors (Lipinski definition) is 2. The van der Waals surface area contributed by atoms with Gasteiger partial charge in [-0.2, -0.15) is 13.2 Å². The molecule has 0 fully saturated rings. The summed E-state index contributed by atoms with van der Waals surface area (Å²) in [7, 11) is 0. The number of rotatable bonds is 3. The Balaban J connectivity index is 2.69. The van der Waals surface area contributed by atoms with Crippen LogP contribution in [-0.2, 0) is 6.18 Å². The maximum Gasteiger partial charge on any atom is 0.416 e. The van der Waals surface area contributed by atoms with Crippen LogP contribution < -0.4 is 11.1 Å². The number of hydrogen-bond acceptors (Lipinski definition) is 2. The predicted molar refractivity (Wildman–Crippen MR) is 49.0 cm³/mol. The van der Waals surface area contributed by atoms with Crippen LogP contribution in [0, 0.1) is 0 Å². The largest absolute Gasteiger partial charge is 0.416 e. The lowest BCUT2D eigenvalue weighted by Crippen LogP contribution is -2.13. The first-order chi connectivity index (χ1) is 6.54. The van der Waals surface area contributed by atoms with Crippen molar-refractivity contribution in [1.29, 1.82) is 0 Å². The van der Waals surface area contributed by atoms with Gasteiger partial charge in [-0.1, -0.05) is 0 Å². The first kappa shape index (κ1) is 10.8. The van der Waals surface area contributed by atoms with E-state index in [1.54, 1.807) is 0 Å². The Labute approximate surface area is 79.9 Å². The van der Waals surface area contributed by atoms with Crippen LogP contribution in [-0.4, -0.2) is 13.1 Å². The fourth-order valence-corrected chi connectivity index (χ4v) is 0.994. The van der Waals surface area contributed by atoms with Crippen molar-refractivity contribution in [2.24, 2.45) is 5.73 Å². The Morgan fingerprint density at radius 1 is 1.14 bits per heavy atom. The van der Waals surface area contributed by atoms with E-state index in [0.29, 0.717) is 18.8 Å². The van der Waals surface area contributed by atoms with Gasteiger partial charge in [0.15, 0.2) is 0 Å². The third-order valence-corrected chi connectivity index (χ3v) is 1.69. The Bertz CT molecular complexity index is 279. The smallest absolute Gasteiger partial charge is 0.384 e. The standard InChI is InChI=1S/C9H11F3N2/c10-9(11,12)7-1-3-8(4-2-7)14-6-5-13/h1-4,14H,5-6,13H2. The number of nitrogens with one attached hydrogen (secondary N) is 1. The molecule has 0 saturated carbocycles. The summed E-state index contributed by atoms with van der Waals surface area (Å²) in [6, 6.07) is 4.86. The molecule has 0 atom stereocenters. The monoisotopic (exact) mass is 204 g/mol. The highest BCUT2D eigenvalue weighted by atomic mass is 19.4. The summed E-state index contributed by atoms with van der Waals surface area (Å²) < 4.78 is 36.4. The Morgan fingerprint density at radius 2 is 1.71 bits per heavy atom. The molecule has 2 nitrogen and oxygen atoms in total. The van der Waals surface area contributed by atoms with E-state index in [4.69, 9.17) is 5.73 Å². The van der Waals surface area contributed by atoms with Gasteiger partial charge in [-0.05, 0) is 24.3 Å². The molecule has 0 aliphatic rings. The minimum Gasteiger partial charge on any atom is -0.384 e. The summed E-state index contributed by atoms with van der Waals surface area (Å²) in [6.07, 6.45) is -4.27. The maximum absolute atomic E-state index is 12.1. The zero-order valence-electron chi connectivity index (χ0n) is 7.43. The van der Waals surface area contributed by atoms with Crippen molar-refractivity contribution in [1.82, 2.24) is 0 Å². The van der Waals surface area contributed by atoms with E-state index in [2.05, 4.69) is 5.32 Å². The molecular weight excluding hydrogens is 193 g/mol. The zero-order valence-corrected chi connectivity index (χ0v) is 7.43. The Hall–Kier alpha value is -1.23. The van der Waals surface area contributed by atoms with Crippen molar-refractivity contribution < 1.29 is 13.2 Å². The summed E-state index contributed by atoms with van der Waals surface area (Å²) in [6.45, 7) is 0.992. The van der Waals surface area contributed by atoms with Crippen LogP contribution in [0.3, 0.4) is 0 Å². The van der Waals surface area contributed by atoms with Gasteiger partial charge >= 0.3 is 6.18 Å². The molecule has 3 N–H and O–H groups in total. The maximum atomic E-state index is 12.1. The molecule has 0 saturated heterocycles. The van der Waals surface area contributed by atoms with Gasteiger partial charge in [-0.15, -0.1) is 0 Å². The molecular formula is C9H11F3N2. The average Bonchev–Trinajstić information content (AvgIpc) is 2.14. The minimum atomic E-state index is -4.27. The Morgan fingerprint density at radius 3 is 2.14 bits per heavy atom. The highest BCUT2D eigenvalue weighted by Gasteiger charge is 2.29. The number of anilines is 1. The molecule has 0 aliphatic heterocycles. The van der Waals surface area contributed by atoms with Gasteiger partial charge < -0.3 is 11.1 Å². The second-order valence-electron chi connectivity index (χ2n) is 2.79. The van der Waals surface area contributed by atoms with E-state index in [0.717, 1.165) is 12.1 Å². The van der Waals surface area contributed by atoms with E-state index in [9.17, 15) is 13.2 Å². The van der Waals surface area contributed by atoms with Crippen LogP contribution in [0.1, 0.15) is 5.56 Å². The van der Waals surface area contributed by atoms with Crippen LogP contribution in [0.4, 0.5) is 18.9 Å². The normalized spacial score (nSPS) is 11.4. The summed E-state index contributed by atoms with van der Waals surface area (Å²) in [5.74, 6) is 0. The molecule has 14 heavy (non-hydrogen) atoms. The fraction of sp³-hybridized carbons (Fsp3) is 0.333. The average molecular weight is 204 g/mol. The molecule has 0 unspecified atom stereocenters. The van der Waals surface area contributed by atoms with Gasteiger partial charge in [-0.3, -0.25) is 0 Å². The molecule has 0 bridgehead atoms. The van der Waals surface area contributed by atoms with Crippen LogP contribution >= 0.6 is 0 Å². The van der Waals surface area contributed by atoms with E-state index in [-0.39, 0.29) is 0 Å². The Kier molecular flexibility index (Phi) is 3.35. The van der Waals surface area contributed by atoms with Gasteiger partial charge in [-0.25, -0.2) is 0 Å².